The lowest BCUT2D eigenvalue weighted by molar-refractivity contribution is -0.122. The third-order valence-electron chi connectivity index (χ3n) is 3.32. The van der Waals surface area contributed by atoms with E-state index in [4.69, 9.17) is 5.73 Å². The van der Waals surface area contributed by atoms with Crippen molar-refractivity contribution < 1.29 is 18.0 Å². The second-order valence-electron chi connectivity index (χ2n) is 4.93. The lowest BCUT2D eigenvalue weighted by Crippen LogP contribution is -2.42. The zero-order valence-corrected chi connectivity index (χ0v) is 11.7. The molecule has 1 fully saturated rings. The molecular weight excluding hydrogens is 277 g/mol. The molecule has 0 bridgehead atoms. The summed E-state index contributed by atoms with van der Waals surface area (Å²) < 4.78 is 35.6. The lowest BCUT2D eigenvalue weighted by atomic mass is 9.85. The first-order valence-corrected chi connectivity index (χ1v) is 7.61. The molecule has 0 aromatic heterocycles. The van der Waals surface area contributed by atoms with Gasteiger partial charge < -0.3 is 11.1 Å². The molecule has 1 aliphatic rings. The molecule has 19 heavy (non-hydrogen) atoms. The quantitative estimate of drug-likeness (QED) is 0.741. The first-order valence-electron chi connectivity index (χ1n) is 6.62. The van der Waals surface area contributed by atoms with Crippen molar-refractivity contribution in [1.82, 2.24) is 5.32 Å². The average Bonchev–Trinajstić information content (AvgIpc) is 2.34. The monoisotopic (exact) mass is 298 g/mol. The lowest BCUT2D eigenvalue weighted by Gasteiger charge is -2.24. The number of halogens is 3. The summed E-state index contributed by atoms with van der Waals surface area (Å²) in [5.74, 6) is -0.0295. The molecule has 0 aromatic carbocycles. The number of carbonyl (C=O) groups is 1. The topological polar surface area (TPSA) is 55.1 Å². The molecule has 7 heteroatoms. The van der Waals surface area contributed by atoms with Crippen LogP contribution in [0.3, 0.4) is 0 Å². The summed E-state index contributed by atoms with van der Waals surface area (Å²) in [5.41, 5.74) is 1.53. The fourth-order valence-electron chi connectivity index (χ4n) is 2.36. The number of amides is 1. The number of hydrogen-bond acceptors (Lipinski definition) is 3. The van der Waals surface area contributed by atoms with E-state index in [0.29, 0.717) is 12.3 Å². The average molecular weight is 298 g/mol. The van der Waals surface area contributed by atoms with Gasteiger partial charge >= 0.3 is 5.51 Å². The van der Waals surface area contributed by atoms with Crippen LogP contribution in [0.4, 0.5) is 13.2 Å². The summed E-state index contributed by atoms with van der Waals surface area (Å²) in [5, 5.41) is 2.46. The van der Waals surface area contributed by atoms with Crippen molar-refractivity contribution in [2.75, 3.05) is 12.3 Å². The molecule has 3 N–H and O–H groups in total. The number of hydrogen-bond donors (Lipinski definition) is 2. The maximum absolute atomic E-state index is 11.9. The molecule has 1 atom stereocenters. The molecule has 1 rings (SSSR count). The Morgan fingerprint density at radius 2 is 1.95 bits per heavy atom. The molecule has 1 saturated carbocycles. The standard InChI is InChI=1S/C12H21F3N2OS/c13-12(14,15)19-7-6-17-11(18)10(16)8-9-4-2-1-3-5-9/h9-10H,1-8,16H2,(H,17,18). The van der Waals surface area contributed by atoms with Gasteiger partial charge in [0, 0.05) is 12.3 Å². The van der Waals surface area contributed by atoms with Crippen molar-refractivity contribution in [2.24, 2.45) is 11.7 Å². The number of carbonyl (C=O) groups excluding carboxylic acids is 1. The fraction of sp³-hybridized carbons (Fsp3) is 0.917. The van der Waals surface area contributed by atoms with Crippen LogP contribution in [0.15, 0.2) is 0 Å². The molecule has 3 nitrogen and oxygen atoms in total. The van der Waals surface area contributed by atoms with Gasteiger partial charge in [-0.1, -0.05) is 32.1 Å². The normalized spacial score (nSPS) is 19.2. The maximum Gasteiger partial charge on any atom is 0.441 e. The van der Waals surface area contributed by atoms with E-state index in [1.807, 2.05) is 0 Å². The van der Waals surface area contributed by atoms with Gasteiger partial charge in [-0.2, -0.15) is 13.2 Å². The van der Waals surface area contributed by atoms with Gasteiger partial charge in [0.2, 0.25) is 5.91 Å². The third kappa shape index (κ3) is 7.67. The number of rotatable bonds is 6. The van der Waals surface area contributed by atoms with Gasteiger partial charge in [0.25, 0.3) is 0 Å². The third-order valence-corrected chi connectivity index (χ3v) is 4.05. The predicted molar refractivity (Wildman–Crippen MR) is 70.7 cm³/mol. The van der Waals surface area contributed by atoms with Crippen molar-refractivity contribution in [3.05, 3.63) is 0 Å². The Kier molecular flexibility index (Phi) is 6.99. The highest BCUT2D eigenvalue weighted by Crippen LogP contribution is 2.29. The van der Waals surface area contributed by atoms with Gasteiger partial charge in [-0.15, -0.1) is 0 Å². The molecule has 0 heterocycles. The molecule has 0 radical (unpaired) electrons. The molecule has 1 unspecified atom stereocenters. The van der Waals surface area contributed by atoms with E-state index in [1.165, 1.54) is 19.3 Å². The van der Waals surface area contributed by atoms with Crippen LogP contribution in [-0.4, -0.2) is 29.8 Å². The number of alkyl halides is 3. The zero-order chi connectivity index (χ0) is 14.3. The van der Waals surface area contributed by atoms with Crippen molar-refractivity contribution >= 4 is 17.7 Å². The van der Waals surface area contributed by atoms with Crippen molar-refractivity contribution in [3.63, 3.8) is 0 Å². The van der Waals surface area contributed by atoms with Crippen LogP contribution in [0.25, 0.3) is 0 Å². The van der Waals surface area contributed by atoms with Crippen molar-refractivity contribution in [2.45, 2.75) is 50.1 Å². The van der Waals surface area contributed by atoms with Crippen LogP contribution < -0.4 is 11.1 Å². The van der Waals surface area contributed by atoms with Gasteiger partial charge in [0.15, 0.2) is 0 Å². The summed E-state index contributed by atoms with van der Waals surface area (Å²) in [6, 6.07) is -0.598. The highest BCUT2D eigenvalue weighted by molar-refractivity contribution is 8.00. The molecular formula is C12H21F3N2OS. The van der Waals surface area contributed by atoms with Gasteiger partial charge in [-0.25, -0.2) is 0 Å². The van der Waals surface area contributed by atoms with Crippen LogP contribution in [0.5, 0.6) is 0 Å². The summed E-state index contributed by atoms with van der Waals surface area (Å²) in [4.78, 5) is 11.6. The predicted octanol–water partition coefficient (Wildman–Crippen LogP) is 2.65. The van der Waals surface area contributed by atoms with Crippen LogP contribution in [0.2, 0.25) is 0 Å². The van der Waals surface area contributed by atoms with E-state index in [-0.39, 0.29) is 30.0 Å². The Labute approximate surface area is 115 Å². The minimum atomic E-state index is -4.24. The van der Waals surface area contributed by atoms with Gasteiger partial charge in [0.05, 0.1) is 6.04 Å². The van der Waals surface area contributed by atoms with E-state index in [0.717, 1.165) is 12.8 Å². The highest BCUT2D eigenvalue weighted by atomic mass is 32.2. The SMILES string of the molecule is NC(CC1CCCCC1)C(=O)NCCSC(F)(F)F. The smallest absolute Gasteiger partial charge is 0.354 e. The van der Waals surface area contributed by atoms with Gasteiger partial charge in [-0.3, -0.25) is 4.79 Å². The zero-order valence-electron chi connectivity index (χ0n) is 10.8. The minimum Gasteiger partial charge on any atom is -0.354 e. The fourth-order valence-corrected chi connectivity index (χ4v) is 2.80. The number of nitrogens with two attached hydrogens (primary N) is 1. The summed E-state index contributed by atoms with van der Waals surface area (Å²) in [7, 11) is 0. The van der Waals surface area contributed by atoms with E-state index in [1.54, 1.807) is 0 Å². The summed E-state index contributed by atoms with van der Waals surface area (Å²) in [6.07, 6.45) is 6.45. The number of nitrogens with one attached hydrogen (secondary N) is 1. The second kappa shape index (κ2) is 7.99. The Morgan fingerprint density at radius 3 is 2.53 bits per heavy atom. The second-order valence-corrected chi connectivity index (χ2v) is 6.09. The Hall–Kier alpha value is -0.430. The molecule has 0 aliphatic heterocycles. The molecule has 1 aliphatic carbocycles. The Balaban J connectivity index is 2.14. The minimum absolute atomic E-state index is 0.00137. The molecule has 0 saturated heterocycles. The van der Waals surface area contributed by atoms with Crippen molar-refractivity contribution in [1.29, 1.82) is 0 Å². The van der Waals surface area contributed by atoms with Crippen LogP contribution in [0, 0.1) is 5.92 Å². The summed E-state index contributed by atoms with van der Waals surface area (Å²) >= 11 is -0.133. The Bertz CT molecular complexity index is 281. The van der Waals surface area contributed by atoms with Crippen LogP contribution >= 0.6 is 11.8 Å². The van der Waals surface area contributed by atoms with Gasteiger partial charge in [-0.05, 0) is 24.1 Å². The van der Waals surface area contributed by atoms with E-state index < -0.39 is 11.6 Å². The van der Waals surface area contributed by atoms with E-state index >= 15 is 0 Å². The van der Waals surface area contributed by atoms with Crippen molar-refractivity contribution in [3.8, 4) is 0 Å². The highest BCUT2D eigenvalue weighted by Gasteiger charge is 2.27. The first kappa shape index (κ1) is 16.6. The van der Waals surface area contributed by atoms with E-state index in [9.17, 15) is 18.0 Å². The molecule has 0 spiro atoms. The van der Waals surface area contributed by atoms with Crippen LogP contribution in [0.1, 0.15) is 38.5 Å². The van der Waals surface area contributed by atoms with Crippen LogP contribution in [-0.2, 0) is 4.79 Å². The largest absolute Gasteiger partial charge is 0.441 e. The van der Waals surface area contributed by atoms with Gasteiger partial charge in [0.1, 0.15) is 0 Å². The molecule has 0 aromatic rings. The molecule has 1 amide bonds. The van der Waals surface area contributed by atoms with E-state index in [2.05, 4.69) is 5.32 Å². The maximum atomic E-state index is 11.9. The number of thioether (sulfide) groups is 1. The summed E-state index contributed by atoms with van der Waals surface area (Å²) in [6.45, 7) is 0.00137. The molecule has 112 valence electrons. The Morgan fingerprint density at radius 1 is 1.32 bits per heavy atom. The first-order chi connectivity index (χ1) is 8.88.